The zero-order valence-corrected chi connectivity index (χ0v) is 11.5. The summed E-state index contributed by atoms with van der Waals surface area (Å²) < 4.78 is 5.74. The Morgan fingerprint density at radius 2 is 1.95 bits per heavy atom. The van der Waals surface area contributed by atoms with Gasteiger partial charge in [0.2, 0.25) is 5.88 Å². The van der Waals surface area contributed by atoms with Crippen LogP contribution in [0.15, 0.2) is 42.6 Å². The highest BCUT2D eigenvalue weighted by Gasteiger charge is 2.13. The molecule has 0 saturated carbocycles. The summed E-state index contributed by atoms with van der Waals surface area (Å²) in [5, 5.41) is 3.43. The number of halogens is 1. The van der Waals surface area contributed by atoms with E-state index in [4.69, 9.17) is 4.74 Å². The summed E-state index contributed by atoms with van der Waals surface area (Å²) in [6, 6.07) is 12.4. The first-order valence-corrected chi connectivity index (χ1v) is 6.32. The van der Waals surface area contributed by atoms with Gasteiger partial charge in [-0.05, 0) is 30.2 Å². The lowest BCUT2D eigenvalue weighted by Gasteiger charge is -2.18. The maximum Gasteiger partial charge on any atom is 0.218 e. The summed E-state index contributed by atoms with van der Waals surface area (Å²) in [4.78, 5) is 4.34. The lowest BCUT2D eigenvalue weighted by Crippen LogP contribution is -2.21. The van der Waals surface area contributed by atoms with Crippen molar-refractivity contribution >= 4 is 12.4 Å². The molecule has 0 spiro atoms. The van der Waals surface area contributed by atoms with Gasteiger partial charge in [0.25, 0.3) is 0 Å². The highest BCUT2D eigenvalue weighted by Crippen LogP contribution is 2.29. The van der Waals surface area contributed by atoms with Crippen molar-refractivity contribution in [1.29, 1.82) is 0 Å². The lowest BCUT2D eigenvalue weighted by molar-refractivity contribution is 0.284. The van der Waals surface area contributed by atoms with Crippen molar-refractivity contribution in [3.05, 3.63) is 48.2 Å². The molecular formula is C15H17ClN2O. The minimum Gasteiger partial charge on any atom is -0.477 e. The monoisotopic (exact) mass is 276 g/mol. The summed E-state index contributed by atoms with van der Waals surface area (Å²) in [5.41, 5.74) is 3.57. The van der Waals surface area contributed by atoms with Crippen LogP contribution >= 0.6 is 12.4 Å². The summed E-state index contributed by atoms with van der Waals surface area (Å²) >= 11 is 0. The Morgan fingerprint density at radius 1 is 1.11 bits per heavy atom. The molecule has 1 aromatic heterocycles. The predicted molar refractivity (Wildman–Crippen MR) is 78.7 cm³/mol. The smallest absolute Gasteiger partial charge is 0.218 e. The molecule has 0 aliphatic carbocycles. The van der Waals surface area contributed by atoms with Gasteiger partial charge < -0.3 is 10.1 Å². The Kier molecular flexibility index (Phi) is 4.77. The van der Waals surface area contributed by atoms with E-state index in [2.05, 4.69) is 40.6 Å². The van der Waals surface area contributed by atoms with Gasteiger partial charge in [-0.15, -0.1) is 12.4 Å². The van der Waals surface area contributed by atoms with Crippen LogP contribution in [0.5, 0.6) is 5.88 Å². The molecule has 3 nitrogen and oxygen atoms in total. The fourth-order valence-electron chi connectivity index (χ4n) is 2.24. The second kappa shape index (κ2) is 6.55. The number of aromatic nitrogens is 1. The molecule has 2 aromatic rings. The van der Waals surface area contributed by atoms with Crippen LogP contribution in [-0.4, -0.2) is 18.1 Å². The molecule has 1 aromatic carbocycles. The molecule has 0 bridgehead atoms. The molecular weight excluding hydrogens is 260 g/mol. The highest BCUT2D eigenvalue weighted by atomic mass is 35.5. The number of pyridine rings is 1. The van der Waals surface area contributed by atoms with Gasteiger partial charge >= 0.3 is 0 Å². The van der Waals surface area contributed by atoms with Gasteiger partial charge in [-0.1, -0.05) is 30.3 Å². The van der Waals surface area contributed by atoms with Crippen molar-refractivity contribution in [3.8, 4) is 17.0 Å². The van der Waals surface area contributed by atoms with Crippen LogP contribution in [0.1, 0.15) is 12.0 Å². The van der Waals surface area contributed by atoms with Crippen molar-refractivity contribution < 1.29 is 4.74 Å². The van der Waals surface area contributed by atoms with Gasteiger partial charge in [0.1, 0.15) is 0 Å². The molecule has 4 heteroatoms. The van der Waals surface area contributed by atoms with Crippen molar-refractivity contribution in [2.24, 2.45) is 0 Å². The van der Waals surface area contributed by atoms with Crippen LogP contribution in [0, 0.1) is 0 Å². The fourth-order valence-corrected chi connectivity index (χ4v) is 2.24. The first-order chi connectivity index (χ1) is 8.95. The summed E-state index contributed by atoms with van der Waals surface area (Å²) in [6.45, 7) is 2.53. The van der Waals surface area contributed by atoms with E-state index in [-0.39, 0.29) is 12.4 Å². The van der Waals surface area contributed by atoms with Gasteiger partial charge in [0, 0.05) is 18.3 Å². The maximum absolute atomic E-state index is 5.74. The number of benzene rings is 1. The van der Waals surface area contributed by atoms with Crippen LogP contribution in [-0.2, 0) is 6.54 Å². The standard InChI is InChI=1S/C15H16N2O.ClH/c1-2-5-12(6-3-1)13-7-9-17-15-14(13)11-16-8-4-10-18-15;/h1-3,5-7,9,16H,4,8,10-11H2;1H. The number of fused-ring (bicyclic) bond motifs is 1. The SMILES string of the molecule is Cl.c1ccc(-c2ccnc3c2CNCCCO3)cc1. The van der Waals surface area contributed by atoms with Crippen LogP contribution in [0.4, 0.5) is 0 Å². The molecule has 0 saturated heterocycles. The third kappa shape index (κ3) is 3.06. The summed E-state index contributed by atoms with van der Waals surface area (Å²) in [7, 11) is 0. The average molecular weight is 277 g/mol. The first kappa shape index (κ1) is 13.8. The normalized spacial score (nSPS) is 14.3. The Bertz CT molecular complexity index is 531. The minimum absolute atomic E-state index is 0. The average Bonchev–Trinajstić information content (AvgIpc) is 2.40. The largest absolute Gasteiger partial charge is 0.477 e. The molecule has 3 rings (SSSR count). The molecule has 0 unspecified atom stereocenters. The van der Waals surface area contributed by atoms with Crippen LogP contribution in [0.25, 0.3) is 11.1 Å². The number of hydrogen-bond acceptors (Lipinski definition) is 3. The number of ether oxygens (including phenoxy) is 1. The van der Waals surface area contributed by atoms with E-state index >= 15 is 0 Å². The maximum atomic E-state index is 5.74. The summed E-state index contributed by atoms with van der Waals surface area (Å²) in [5.74, 6) is 0.767. The Hall–Kier alpha value is -1.58. The van der Waals surface area contributed by atoms with Crippen molar-refractivity contribution in [2.75, 3.05) is 13.2 Å². The van der Waals surface area contributed by atoms with E-state index in [9.17, 15) is 0 Å². The zero-order valence-electron chi connectivity index (χ0n) is 10.6. The Labute approximate surface area is 119 Å². The van der Waals surface area contributed by atoms with Crippen molar-refractivity contribution in [3.63, 3.8) is 0 Å². The lowest BCUT2D eigenvalue weighted by atomic mass is 10.0. The molecule has 19 heavy (non-hydrogen) atoms. The van der Waals surface area contributed by atoms with E-state index in [1.54, 1.807) is 0 Å². The molecule has 0 fully saturated rings. The van der Waals surface area contributed by atoms with E-state index in [0.29, 0.717) is 0 Å². The van der Waals surface area contributed by atoms with Gasteiger partial charge in [0.05, 0.1) is 6.61 Å². The molecule has 0 radical (unpaired) electrons. The molecule has 1 aliphatic heterocycles. The second-order valence-electron chi connectivity index (χ2n) is 4.39. The molecule has 1 N–H and O–H groups in total. The van der Waals surface area contributed by atoms with Crippen LogP contribution < -0.4 is 10.1 Å². The van der Waals surface area contributed by atoms with E-state index in [1.807, 2.05) is 12.3 Å². The number of nitrogens with one attached hydrogen (secondary N) is 1. The fraction of sp³-hybridized carbons (Fsp3) is 0.267. The highest BCUT2D eigenvalue weighted by molar-refractivity contribution is 5.85. The third-order valence-corrected chi connectivity index (χ3v) is 3.14. The molecule has 2 heterocycles. The van der Waals surface area contributed by atoms with E-state index in [1.165, 1.54) is 11.1 Å². The predicted octanol–water partition coefficient (Wildman–Crippen LogP) is 3.04. The third-order valence-electron chi connectivity index (χ3n) is 3.14. The van der Waals surface area contributed by atoms with E-state index in [0.717, 1.165) is 37.6 Å². The Balaban J connectivity index is 0.00000133. The minimum atomic E-state index is 0. The van der Waals surface area contributed by atoms with Crippen LogP contribution in [0.2, 0.25) is 0 Å². The molecule has 0 amide bonds. The quantitative estimate of drug-likeness (QED) is 0.869. The van der Waals surface area contributed by atoms with E-state index < -0.39 is 0 Å². The molecule has 1 aliphatic rings. The van der Waals surface area contributed by atoms with Gasteiger partial charge in [-0.2, -0.15) is 0 Å². The van der Waals surface area contributed by atoms with Gasteiger partial charge in [-0.3, -0.25) is 0 Å². The second-order valence-corrected chi connectivity index (χ2v) is 4.39. The number of rotatable bonds is 1. The molecule has 0 atom stereocenters. The van der Waals surface area contributed by atoms with Crippen molar-refractivity contribution in [2.45, 2.75) is 13.0 Å². The van der Waals surface area contributed by atoms with Gasteiger partial charge in [0.15, 0.2) is 0 Å². The molecule has 100 valence electrons. The zero-order chi connectivity index (χ0) is 12.2. The van der Waals surface area contributed by atoms with Crippen molar-refractivity contribution in [1.82, 2.24) is 10.3 Å². The number of nitrogens with zero attached hydrogens (tertiary/aromatic N) is 1. The Morgan fingerprint density at radius 3 is 2.79 bits per heavy atom. The first-order valence-electron chi connectivity index (χ1n) is 6.32. The van der Waals surface area contributed by atoms with Gasteiger partial charge in [-0.25, -0.2) is 4.98 Å². The van der Waals surface area contributed by atoms with Crippen LogP contribution in [0.3, 0.4) is 0 Å². The summed E-state index contributed by atoms with van der Waals surface area (Å²) in [6.07, 6.45) is 2.85. The number of hydrogen-bond donors (Lipinski definition) is 1. The topological polar surface area (TPSA) is 34.2 Å².